The fourth-order valence-electron chi connectivity index (χ4n) is 3.15. The highest BCUT2D eigenvalue weighted by atomic mass is 32.1. The molecule has 2 N–H and O–H groups in total. The number of fused-ring (bicyclic) bond motifs is 1. The van der Waals surface area contributed by atoms with E-state index in [2.05, 4.69) is 22.2 Å². The lowest BCUT2D eigenvalue weighted by Gasteiger charge is -2.04. The van der Waals surface area contributed by atoms with Crippen molar-refractivity contribution in [3.63, 3.8) is 0 Å². The number of nitrogens with one attached hydrogen (secondary N) is 1. The summed E-state index contributed by atoms with van der Waals surface area (Å²) in [5.41, 5.74) is 5.62. The van der Waals surface area contributed by atoms with Crippen LogP contribution in [-0.2, 0) is 6.42 Å². The minimum absolute atomic E-state index is 0.135. The number of carbonyl (C=O) groups excluding carboxylic acids is 1. The van der Waals surface area contributed by atoms with Crippen LogP contribution in [0, 0.1) is 6.92 Å². The molecule has 0 radical (unpaired) electrons. The van der Waals surface area contributed by atoms with Gasteiger partial charge >= 0.3 is 0 Å². The van der Waals surface area contributed by atoms with E-state index in [1.165, 1.54) is 17.6 Å². The Kier molecular flexibility index (Phi) is 5.45. The maximum Gasteiger partial charge on any atom is 0.281 e. The molecule has 0 saturated carbocycles. The third-order valence-corrected chi connectivity index (χ3v) is 5.76. The number of thiophene rings is 1. The molecule has 0 bridgehead atoms. The highest BCUT2D eigenvalue weighted by Crippen LogP contribution is 2.30. The van der Waals surface area contributed by atoms with E-state index in [-0.39, 0.29) is 11.7 Å². The molecule has 2 heterocycles. The molecule has 4 aromatic rings. The van der Waals surface area contributed by atoms with Crippen LogP contribution < -0.4 is 5.43 Å². The number of aryl methyl sites for hydroxylation is 1. The van der Waals surface area contributed by atoms with E-state index in [0.717, 1.165) is 27.2 Å². The van der Waals surface area contributed by atoms with Gasteiger partial charge in [-0.3, -0.25) is 4.79 Å². The largest absolute Gasteiger partial charge is 0.507 e. The van der Waals surface area contributed by atoms with Crippen LogP contribution in [0.25, 0.3) is 15.9 Å². The van der Waals surface area contributed by atoms with Crippen molar-refractivity contribution in [1.82, 2.24) is 15.2 Å². The Morgan fingerprint density at radius 1 is 1.27 bits per heavy atom. The van der Waals surface area contributed by atoms with Gasteiger partial charge in [-0.1, -0.05) is 36.4 Å². The summed E-state index contributed by atoms with van der Waals surface area (Å²) < 4.78 is 1.85. The Balaban J connectivity index is 1.55. The summed E-state index contributed by atoms with van der Waals surface area (Å²) in [5.74, 6) is -0.177. The Bertz CT molecular complexity index is 1260. The fourth-order valence-corrected chi connectivity index (χ4v) is 4.23. The lowest BCUT2D eigenvalue weighted by molar-refractivity contribution is 0.0959. The zero-order valence-electron chi connectivity index (χ0n) is 16.4. The number of carbonyl (C=O) groups is 1. The number of aromatic nitrogens is 2. The van der Waals surface area contributed by atoms with Gasteiger partial charge in [0.2, 0.25) is 0 Å². The Morgan fingerprint density at radius 2 is 2.07 bits per heavy atom. The summed E-state index contributed by atoms with van der Waals surface area (Å²) >= 11 is 1.36. The third kappa shape index (κ3) is 3.75. The van der Waals surface area contributed by atoms with Crippen LogP contribution in [0.1, 0.15) is 26.5 Å². The molecule has 0 spiro atoms. The quantitative estimate of drug-likeness (QED) is 0.274. The van der Waals surface area contributed by atoms with Crippen molar-refractivity contribution in [3.8, 4) is 11.4 Å². The van der Waals surface area contributed by atoms with Crippen LogP contribution in [0.4, 0.5) is 0 Å². The fraction of sp³-hybridized carbons (Fsp3) is 0.0870. The Morgan fingerprint density at radius 3 is 2.83 bits per heavy atom. The first kappa shape index (κ1) is 19.6. The van der Waals surface area contributed by atoms with E-state index in [1.54, 1.807) is 12.1 Å². The second kappa shape index (κ2) is 8.34. The van der Waals surface area contributed by atoms with Gasteiger partial charge in [-0.15, -0.1) is 17.9 Å². The number of para-hydroxylation sites is 2. The standard InChI is InChI=1S/C23H20N4O2S/c1-3-8-16-9-7-10-17(21(16)28)14-24-25-22(29)20-13-19-15(2)26-27(23(19)30-20)18-11-5-4-6-12-18/h3-7,9-14,28H,1,8H2,2H3,(H,25,29)/b24-14-. The van der Waals surface area contributed by atoms with Crippen molar-refractivity contribution < 1.29 is 9.90 Å². The molecule has 0 fully saturated rings. The van der Waals surface area contributed by atoms with Crippen molar-refractivity contribution in [2.45, 2.75) is 13.3 Å². The van der Waals surface area contributed by atoms with Crippen LogP contribution in [0.2, 0.25) is 0 Å². The first-order valence-corrected chi connectivity index (χ1v) is 10.2. The predicted octanol–water partition coefficient (Wildman–Crippen LogP) is 4.59. The van der Waals surface area contributed by atoms with E-state index >= 15 is 0 Å². The number of amides is 1. The van der Waals surface area contributed by atoms with E-state index < -0.39 is 0 Å². The molecule has 1 amide bonds. The summed E-state index contributed by atoms with van der Waals surface area (Å²) in [6.45, 7) is 5.61. The number of allylic oxidation sites excluding steroid dienone is 1. The average Bonchev–Trinajstić information content (AvgIpc) is 3.32. The number of phenols is 1. The van der Waals surface area contributed by atoms with E-state index in [1.807, 2.05) is 60.1 Å². The maximum absolute atomic E-state index is 12.6. The monoisotopic (exact) mass is 416 g/mol. The average molecular weight is 417 g/mol. The van der Waals surface area contributed by atoms with Gasteiger partial charge in [0.15, 0.2) is 0 Å². The maximum atomic E-state index is 12.6. The molecule has 0 saturated heterocycles. The topological polar surface area (TPSA) is 79.5 Å². The van der Waals surface area contributed by atoms with Gasteiger partial charge in [0.25, 0.3) is 5.91 Å². The highest BCUT2D eigenvalue weighted by molar-refractivity contribution is 7.20. The normalized spacial score (nSPS) is 11.2. The smallest absolute Gasteiger partial charge is 0.281 e. The first-order valence-electron chi connectivity index (χ1n) is 9.38. The summed E-state index contributed by atoms with van der Waals surface area (Å²) in [4.78, 5) is 14.0. The predicted molar refractivity (Wildman–Crippen MR) is 121 cm³/mol. The second-order valence-electron chi connectivity index (χ2n) is 6.71. The van der Waals surface area contributed by atoms with Gasteiger partial charge in [0.05, 0.1) is 22.5 Å². The molecular formula is C23H20N4O2S. The summed E-state index contributed by atoms with van der Waals surface area (Å²) in [7, 11) is 0. The van der Waals surface area contributed by atoms with Crippen molar-refractivity contribution in [2.75, 3.05) is 0 Å². The molecule has 2 aromatic heterocycles. The van der Waals surface area contributed by atoms with Crippen LogP contribution in [-0.4, -0.2) is 27.0 Å². The lowest BCUT2D eigenvalue weighted by atomic mass is 10.1. The van der Waals surface area contributed by atoms with Crippen molar-refractivity contribution in [2.24, 2.45) is 5.10 Å². The number of rotatable bonds is 6. The summed E-state index contributed by atoms with van der Waals surface area (Å²) in [6, 6.07) is 17.0. The molecule has 0 unspecified atom stereocenters. The molecule has 30 heavy (non-hydrogen) atoms. The molecule has 0 aliphatic heterocycles. The van der Waals surface area contributed by atoms with Crippen LogP contribution in [0.3, 0.4) is 0 Å². The highest BCUT2D eigenvalue weighted by Gasteiger charge is 2.17. The van der Waals surface area contributed by atoms with Crippen LogP contribution in [0.5, 0.6) is 5.75 Å². The minimum atomic E-state index is -0.312. The number of hydrazone groups is 1. The van der Waals surface area contributed by atoms with Crippen molar-refractivity contribution in [3.05, 3.63) is 89.0 Å². The third-order valence-electron chi connectivity index (χ3n) is 4.65. The second-order valence-corrected chi connectivity index (χ2v) is 7.74. The molecule has 150 valence electrons. The number of nitrogens with zero attached hydrogens (tertiary/aromatic N) is 3. The summed E-state index contributed by atoms with van der Waals surface area (Å²) in [5, 5.41) is 19.8. The number of hydrogen-bond acceptors (Lipinski definition) is 5. The zero-order chi connectivity index (χ0) is 21.1. The molecule has 0 aliphatic carbocycles. The van der Waals surface area contributed by atoms with Gasteiger partial charge in [-0.25, -0.2) is 10.1 Å². The van der Waals surface area contributed by atoms with Gasteiger partial charge in [-0.05, 0) is 43.2 Å². The number of hydrogen-bond donors (Lipinski definition) is 2. The molecule has 0 atom stereocenters. The molecular weight excluding hydrogens is 396 g/mol. The summed E-state index contributed by atoms with van der Waals surface area (Å²) in [6.07, 6.45) is 3.71. The minimum Gasteiger partial charge on any atom is -0.507 e. The van der Waals surface area contributed by atoms with Gasteiger partial charge in [0.1, 0.15) is 10.6 Å². The number of phenolic OH excluding ortho intramolecular Hbond substituents is 1. The van der Waals surface area contributed by atoms with Gasteiger partial charge in [-0.2, -0.15) is 10.2 Å². The molecule has 4 rings (SSSR count). The first-order chi connectivity index (χ1) is 14.6. The molecule has 0 aliphatic rings. The zero-order valence-corrected chi connectivity index (χ0v) is 17.2. The molecule has 7 heteroatoms. The van der Waals surface area contributed by atoms with Crippen LogP contribution >= 0.6 is 11.3 Å². The molecule has 2 aromatic carbocycles. The lowest BCUT2D eigenvalue weighted by Crippen LogP contribution is -2.16. The molecule has 6 nitrogen and oxygen atoms in total. The van der Waals surface area contributed by atoms with Crippen molar-refractivity contribution in [1.29, 1.82) is 0 Å². The Labute approximate surface area is 177 Å². The van der Waals surface area contributed by atoms with Crippen molar-refractivity contribution >= 4 is 33.7 Å². The number of aromatic hydroxyl groups is 1. The van der Waals surface area contributed by atoms with E-state index in [0.29, 0.717) is 16.9 Å². The SMILES string of the molecule is C=CCc1cccc(/C=N\NC(=O)c2cc3c(C)nn(-c4ccccc4)c3s2)c1O. The van der Waals surface area contributed by atoms with E-state index in [9.17, 15) is 9.90 Å². The van der Waals surface area contributed by atoms with Gasteiger partial charge < -0.3 is 5.11 Å². The number of benzene rings is 2. The van der Waals surface area contributed by atoms with Crippen LogP contribution in [0.15, 0.2) is 72.4 Å². The van der Waals surface area contributed by atoms with Gasteiger partial charge in [0, 0.05) is 10.9 Å². The Hall–Kier alpha value is -3.71. The van der Waals surface area contributed by atoms with E-state index in [4.69, 9.17) is 0 Å².